The van der Waals surface area contributed by atoms with Crippen LogP contribution in [0.15, 0.2) is 66.7 Å². The number of carbonyl (C=O) groups excluding carboxylic acids is 2. The summed E-state index contributed by atoms with van der Waals surface area (Å²) >= 11 is 0. The lowest BCUT2D eigenvalue weighted by Crippen LogP contribution is -2.45. The van der Waals surface area contributed by atoms with Gasteiger partial charge in [-0.3, -0.25) is 9.69 Å². The lowest BCUT2D eigenvalue weighted by Gasteiger charge is -2.28. The van der Waals surface area contributed by atoms with Crippen LogP contribution in [0.25, 0.3) is 0 Å². The van der Waals surface area contributed by atoms with Crippen molar-refractivity contribution in [1.82, 2.24) is 10.2 Å². The van der Waals surface area contributed by atoms with Gasteiger partial charge >= 0.3 is 6.03 Å². The average molecular weight is 450 g/mol. The van der Waals surface area contributed by atoms with Gasteiger partial charge in [0, 0.05) is 0 Å². The van der Waals surface area contributed by atoms with Crippen molar-refractivity contribution in [1.29, 1.82) is 0 Å². The van der Waals surface area contributed by atoms with E-state index in [9.17, 15) is 14.0 Å². The molecular formula is C25H23FN2O5. The van der Waals surface area contributed by atoms with Crippen LogP contribution in [0, 0.1) is 5.82 Å². The molecule has 33 heavy (non-hydrogen) atoms. The van der Waals surface area contributed by atoms with Gasteiger partial charge in [0.1, 0.15) is 11.5 Å². The minimum atomic E-state index is -1.46. The van der Waals surface area contributed by atoms with Crippen LogP contribution in [0.4, 0.5) is 9.18 Å². The van der Waals surface area contributed by atoms with Crippen molar-refractivity contribution in [3.05, 3.63) is 89.2 Å². The molecular weight excluding hydrogens is 427 g/mol. The van der Waals surface area contributed by atoms with Gasteiger partial charge in [0.05, 0.1) is 27.9 Å². The predicted octanol–water partition coefficient (Wildman–Crippen LogP) is 3.85. The first-order chi connectivity index (χ1) is 15.9. The molecule has 0 aliphatic carbocycles. The summed E-state index contributed by atoms with van der Waals surface area (Å²) in [5, 5.41) is 2.87. The van der Waals surface area contributed by atoms with Crippen LogP contribution in [0.2, 0.25) is 0 Å². The Bertz CT molecular complexity index is 1130. The van der Waals surface area contributed by atoms with Crippen LogP contribution in [0.3, 0.4) is 0 Å². The summed E-state index contributed by atoms with van der Waals surface area (Å²) in [6.07, 6.45) is 0. The number of ether oxygens (including phenoxy) is 3. The minimum Gasteiger partial charge on any atom is -0.497 e. The molecule has 1 aliphatic rings. The SMILES string of the molecule is COc1ccc(C2(c3ccc(OC)cc3)NC(=O)N(Cc3ccc(OC)c(F)c3)C2=O)cc1. The molecule has 3 aromatic carbocycles. The highest BCUT2D eigenvalue weighted by Gasteiger charge is 2.53. The smallest absolute Gasteiger partial charge is 0.325 e. The molecule has 7 nitrogen and oxygen atoms in total. The van der Waals surface area contributed by atoms with Gasteiger partial charge in [0.25, 0.3) is 5.91 Å². The summed E-state index contributed by atoms with van der Waals surface area (Å²) in [5.74, 6) is 0.274. The fraction of sp³-hybridized carbons (Fsp3) is 0.200. The zero-order valence-corrected chi connectivity index (χ0v) is 18.4. The standard InChI is InChI=1S/C25H23FN2O5/c1-31-19-9-5-17(6-10-19)25(18-7-11-20(32-2)12-8-18)23(29)28(24(30)27-25)15-16-4-13-22(33-3)21(26)14-16/h4-14H,15H2,1-3H3,(H,27,30). The number of benzene rings is 3. The quantitative estimate of drug-likeness (QED) is 0.554. The van der Waals surface area contributed by atoms with Crippen molar-refractivity contribution < 1.29 is 28.2 Å². The first-order valence-electron chi connectivity index (χ1n) is 10.2. The van der Waals surface area contributed by atoms with Crippen molar-refractivity contribution in [2.24, 2.45) is 0 Å². The van der Waals surface area contributed by atoms with Gasteiger partial charge in [0.2, 0.25) is 0 Å². The molecule has 3 amide bonds. The van der Waals surface area contributed by atoms with Gasteiger partial charge in [-0.05, 0) is 53.1 Å². The van der Waals surface area contributed by atoms with E-state index < -0.39 is 23.3 Å². The maximum absolute atomic E-state index is 14.2. The number of halogens is 1. The van der Waals surface area contributed by atoms with Gasteiger partial charge < -0.3 is 19.5 Å². The molecule has 0 aromatic heterocycles. The second kappa shape index (κ2) is 8.82. The first-order valence-corrected chi connectivity index (χ1v) is 10.2. The van der Waals surface area contributed by atoms with Crippen LogP contribution in [0.5, 0.6) is 17.2 Å². The van der Waals surface area contributed by atoms with Gasteiger partial charge in [-0.2, -0.15) is 0 Å². The van der Waals surface area contributed by atoms with E-state index >= 15 is 0 Å². The molecule has 0 radical (unpaired) electrons. The Labute approximate surface area is 190 Å². The van der Waals surface area contributed by atoms with Crippen LogP contribution in [-0.2, 0) is 16.9 Å². The van der Waals surface area contributed by atoms with Crippen molar-refractivity contribution in [2.75, 3.05) is 21.3 Å². The average Bonchev–Trinajstić information content (AvgIpc) is 3.10. The van der Waals surface area contributed by atoms with E-state index in [-0.39, 0.29) is 12.3 Å². The Balaban J connectivity index is 1.77. The molecule has 1 aliphatic heterocycles. The normalized spacial score (nSPS) is 14.7. The number of imide groups is 1. The topological polar surface area (TPSA) is 77.1 Å². The number of hydrogen-bond donors (Lipinski definition) is 1. The summed E-state index contributed by atoms with van der Waals surface area (Å²) < 4.78 is 29.6. The molecule has 0 bridgehead atoms. The van der Waals surface area contributed by atoms with Gasteiger partial charge in [-0.1, -0.05) is 30.3 Å². The monoisotopic (exact) mass is 450 g/mol. The van der Waals surface area contributed by atoms with E-state index in [0.29, 0.717) is 28.2 Å². The maximum atomic E-state index is 14.2. The van der Waals surface area contributed by atoms with Crippen LogP contribution in [-0.4, -0.2) is 38.2 Å². The molecule has 0 atom stereocenters. The predicted molar refractivity (Wildman–Crippen MR) is 119 cm³/mol. The summed E-state index contributed by atoms with van der Waals surface area (Å²) in [7, 11) is 4.46. The van der Waals surface area contributed by atoms with E-state index in [1.165, 1.54) is 19.2 Å². The van der Waals surface area contributed by atoms with E-state index in [4.69, 9.17) is 14.2 Å². The second-order valence-electron chi connectivity index (χ2n) is 7.50. The molecule has 3 aromatic rings. The van der Waals surface area contributed by atoms with Crippen molar-refractivity contribution in [2.45, 2.75) is 12.1 Å². The number of nitrogens with zero attached hydrogens (tertiary/aromatic N) is 1. The third-order valence-electron chi connectivity index (χ3n) is 5.71. The van der Waals surface area contributed by atoms with Gasteiger partial charge in [-0.15, -0.1) is 0 Å². The third-order valence-corrected chi connectivity index (χ3v) is 5.71. The minimum absolute atomic E-state index is 0.0850. The van der Waals surface area contributed by atoms with Crippen LogP contribution < -0.4 is 19.5 Å². The van der Waals surface area contributed by atoms with Crippen molar-refractivity contribution in [3.63, 3.8) is 0 Å². The lowest BCUT2D eigenvalue weighted by atomic mass is 9.82. The fourth-order valence-electron chi connectivity index (χ4n) is 3.95. The number of amides is 3. The molecule has 1 N–H and O–H groups in total. The van der Waals surface area contributed by atoms with E-state index in [1.807, 2.05) is 0 Å². The van der Waals surface area contributed by atoms with Crippen molar-refractivity contribution >= 4 is 11.9 Å². The largest absolute Gasteiger partial charge is 0.497 e. The Morgan fingerprint density at radius 1 is 0.818 bits per heavy atom. The Morgan fingerprint density at radius 3 is 1.82 bits per heavy atom. The van der Waals surface area contributed by atoms with E-state index in [2.05, 4.69) is 5.32 Å². The molecule has 1 saturated heterocycles. The number of nitrogens with one attached hydrogen (secondary N) is 1. The molecule has 4 rings (SSSR count). The number of rotatable bonds is 7. The van der Waals surface area contributed by atoms with Crippen molar-refractivity contribution in [3.8, 4) is 17.2 Å². The van der Waals surface area contributed by atoms with Crippen LogP contribution in [0.1, 0.15) is 16.7 Å². The lowest BCUT2D eigenvalue weighted by molar-refractivity contribution is -0.130. The van der Waals surface area contributed by atoms with Crippen LogP contribution >= 0.6 is 0 Å². The Kier molecular flexibility index (Phi) is 5.91. The van der Waals surface area contributed by atoms with E-state index in [1.54, 1.807) is 68.8 Å². The summed E-state index contributed by atoms with van der Waals surface area (Å²) in [6, 6.07) is 17.6. The summed E-state index contributed by atoms with van der Waals surface area (Å²) in [5.41, 5.74) is 0.128. The van der Waals surface area contributed by atoms with Gasteiger partial charge in [-0.25, -0.2) is 9.18 Å². The molecule has 0 spiro atoms. The zero-order chi connectivity index (χ0) is 23.6. The number of methoxy groups -OCH3 is 3. The molecule has 170 valence electrons. The molecule has 0 saturated carbocycles. The third kappa shape index (κ3) is 3.84. The number of hydrogen-bond acceptors (Lipinski definition) is 5. The Hall–Kier alpha value is -4.07. The first kappa shape index (κ1) is 22.1. The molecule has 1 heterocycles. The highest BCUT2D eigenvalue weighted by molar-refractivity contribution is 6.09. The second-order valence-corrected chi connectivity index (χ2v) is 7.50. The highest BCUT2D eigenvalue weighted by atomic mass is 19.1. The Morgan fingerprint density at radius 2 is 1.36 bits per heavy atom. The molecule has 8 heteroatoms. The molecule has 0 unspecified atom stereocenters. The van der Waals surface area contributed by atoms with E-state index in [0.717, 1.165) is 4.90 Å². The summed E-state index contributed by atoms with van der Waals surface area (Å²) in [6.45, 7) is -0.0976. The number of carbonyl (C=O) groups is 2. The highest BCUT2D eigenvalue weighted by Crippen LogP contribution is 2.38. The fourth-order valence-corrected chi connectivity index (χ4v) is 3.95. The number of urea groups is 1. The summed E-state index contributed by atoms with van der Waals surface area (Å²) in [4.78, 5) is 27.9. The zero-order valence-electron chi connectivity index (χ0n) is 18.4. The molecule has 1 fully saturated rings. The van der Waals surface area contributed by atoms with Gasteiger partial charge in [0.15, 0.2) is 17.1 Å². The maximum Gasteiger partial charge on any atom is 0.325 e.